The van der Waals surface area contributed by atoms with Gasteiger partial charge in [-0.05, 0) is 146 Å². The van der Waals surface area contributed by atoms with Crippen LogP contribution in [0.3, 0.4) is 0 Å². The van der Waals surface area contributed by atoms with Crippen LogP contribution in [0.15, 0.2) is 267 Å². The lowest BCUT2D eigenvalue weighted by Gasteiger charge is -2.38. The van der Waals surface area contributed by atoms with E-state index in [1.54, 1.807) is 48.5 Å². The molecule has 0 spiro atoms. The van der Waals surface area contributed by atoms with Crippen LogP contribution in [0.5, 0.6) is 46.0 Å². The number of aryl methyl sites for hydroxylation is 4. The van der Waals surface area contributed by atoms with Gasteiger partial charge in [0, 0.05) is 115 Å². The molecule has 12 nitrogen and oxygen atoms in total. The van der Waals surface area contributed by atoms with E-state index in [9.17, 15) is 21.0 Å². The summed E-state index contributed by atoms with van der Waals surface area (Å²) in [5.41, 5.74) is 16.5. The molecule has 8 bridgehead atoms. The smallest absolute Gasteiger partial charge is 0.267 e. The molecule has 0 saturated heterocycles. The molecule has 17 rings (SSSR count). The maximum Gasteiger partial charge on any atom is 0.267 e. The molecule has 104 heavy (non-hydrogen) atoms. The standard InChI is InChI=1S/C92H68N4O8/c93-53-61-21-33-65(34-22-61)89-97-81-49-83-75-45-73(81)69(41-29-57-13-5-1-6-14-57)74-46-76-71(43-31-59-17-9-3-10-18-59)78-48-80-72(44-32-60-19-11-4-12-20-60)79-47-77(70(75)42-30-58-15-7-2-8-16-58)85(101-90(99-83)66-35-23-62(54-94)24-36-66)51-87(79)103-92(68-39-27-64(56-96)28-40-68)104-88(80)52-86(78)102-91(100-84(76)50-82(74)98-89)67-37-25-63(55-95)26-38-67/h1-28,33-40,45-52,69-72,89-92H,29-32,41-44H2. The largest absolute Gasteiger partial charge is 0.450 e. The normalized spacial score (nSPS) is 18.9. The molecule has 12 aromatic carbocycles. The Hall–Kier alpha value is -13.0. The lowest BCUT2D eigenvalue weighted by molar-refractivity contribution is -0.0120. The number of hydrogen-bond acceptors (Lipinski definition) is 12. The van der Waals surface area contributed by atoms with E-state index in [2.05, 4.69) is 146 Å². The third-order valence-corrected chi connectivity index (χ3v) is 21.0. The van der Waals surface area contributed by atoms with E-state index in [1.165, 1.54) is 0 Å². The third-order valence-electron chi connectivity index (χ3n) is 21.0. The van der Waals surface area contributed by atoms with Crippen LogP contribution in [0.1, 0.15) is 186 Å². The Balaban J connectivity index is 1.01. The van der Waals surface area contributed by atoms with E-state index in [0.717, 1.165) is 66.8 Å². The van der Waals surface area contributed by atoms with Gasteiger partial charge in [0.15, 0.2) is 0 Å². The Morgan fingerprint density at radius 1 is 0.212 bits per heavy atom. The van der Waals surface area contributed by atoms with Gasteiger partial charge in [-0.15, -0.1) is 0 Å². The van der Waals surface area contributed by atoms with Gasteiger partial charge in [0.25, 0.3) is 25.2 Å². The predicted octanol–water partition coefficient (Wildman–Crippen LogP) is 20.4. The maximum absolute atomic E-state index is 10.2. The lowest BCUT2D eigenvalue weighted by atomic mass is 9.75. The molecule has 0 atom stereocenters. The Morgan fingerprint density at radius 2 is 0.385 bits per heavy atom. The first-order valence-electron chi connectivity index (χ1n) is 35.5. The van der Waals surface area contributed by atoms with Crippen LogP contribution in [-0.2, 0) is 25.7 Å². The summed E-state index contributed by atoms with van der Waals surface area (Å²) >= 11 is 0. The zero-order chi connectivity index (χ0) is 70.0. The molecule has 1 aliphatic carbocycles. The van der Waals surface area contributed by atoms with Crippen LogP contribution in [0.25, 0.3) is 0 Å². The minimum absolute atomic E-state index is 0.411. The molecule has 0 unspecified atom stereocenters. The SMILES string of the molecule is N#Cc1ccc(C2Oc3cc4c5cc3C(CCc3ccccc3)c3cc6c(cc3O2)OC(c2ccc(C#N)cc2)Oc2cc3c(cc2C6CCc2ccccc2)C(CCc2ccccc2)c2cc(c(cc2OC(c2ccc(C#N)cc2)O3)OC(c2ccc(C#N)cc2)O4)C5CCc2ccccc2)cc1. The summed E-state index contributed by atoms with van der Waals surface area (Å²) in [7, 11) is 0. The number of hydrogen-bond donors (Lipinski definition) is 0. The first kappa shape index (κ1) is 64.4. The summed E-state index contributed by atoms with van der Waals surface area (Å²) in [6, 6.07) is 98.2. The average Bonchev–Trinajstić information content (AvgIpc) is 0.719. The molecule has 4 aliphatic heterocycles. The summed E-state index contributed by atoms with van der Waals surface area (Å²) in [5.74, 6) is 2.62. The Labute approximate surface area is 604 Å². The molecular formula is C92H68N4O8. The Kier molecular flexibility index (Phi) is 17.5. The van der Waals surface area contributed by atoms with E-state index in [1.807, 2.05) is 97.1 Å². The molecule has 12 heteroatoms. The van der Waals surface area contributed by atoms with Gasteiger partial charge in [-0.1, -0.05) is 170 Å². The monoisotopic (exact) mass is 1360 g/mol. The molecular weight excluding hydrogens is 1290 g/mol. The van der Waals surface area contributed by atoms with Crippen molar-refractivity contribution in [2.24, 2.45) is 0 Å². The van der Waals surface area contributed by atoms with E-state index >= 15 is 0 Å². The van der Waals surface area contributed by atoms with Gasteiger partial charge in [-0.2, -0.15) is 21.0 Å². The van der Waals surface area contributed by atoms with Crippen LogP contribution in [-0.4, -0.2) is 0 Å². The predicted molar refractivity (Wildman–Crippen MR) is 393 cm³/mol. The minimum atomic E-state index is -1.09. The topological polar surface area (TPSA) is 169 Å². The number of benzene rings is 12. The van der Waals surface area contributed by atoms with Gasteiger partial charge in [-0.25, -0.2) is 0 Å². The van der Waals surface area contributed by atoms with Crippen molar-refractivity contribution in [2.75, 3.05) is 0 Å². The third kappa shape index (κ3) is 12.9. The lowest BCUT2D eigenvalue weighted by Crippen LogP contribution is -2.26. The maximum atomic E-state index is 10.2. The second kappa shape index (κ2) is 28.2. The molecule has 0 amide bonds. The zero-order valence-corrected chi connectivity index (χ0v) is 56.7. The molecule has 0 aromatic heterocycles. The van der Waals surface area contributed by atoms with Crippen molar-refractivity contribution in [3.8, 4) is 70.3 Å². The molecule has 504 valence electrons. The van der Waals surface area contributed by atoms with Crippen LogP contribution < -0.4 is 37.9 Å². The Morgan fingerprint density at radius 3 is 0.548 bits per heavy atom. The molecule has 4 heterocycles. The fourth-order valence-corrected chi connectivity index (χ4v) is 15.5. The fourth-order valence-electron chi connectivity index (χ4n) is 15.5. The van der Waals surface area contributed by atoms with Gasteiger partial charge in [0.05, 0.1) is 46.5 Å². The van der Waals surface area contributed by atoms with Crippen molar-refractivity contribution < 1.29 is 37.9 Å². The van der Waals surface area contributed by atoms with Crippen LogP contribution in [0.4, 0.5) is 0 Å². The molecule has 5 aliphatic rings. The minimum Gasteiger partial charge on any atom is -0.450 e. The highest BCUT2D eigenvalue weighted by Crippen LogP contribution is 2.58. The average molecular weight is 1360 g/mol. The van der Waals surface area contributed by atoms with E-state index in [-0.39, 0.29) is 0 Å². The highest BCUT2D eigenvalue weighted by Gasteiger charge is 2.42. The van der Waals surface area contributed by atoms with Gasteiger partial charge in [0.1, 0.15) is 46.0 Å². The van der Waals surface area contributed by atoms with Crippen molar-refractivity contribution in [3.63, 3.8) is 0 Å². The summed E-state index contributed by atoms with van der Waals surface area (Å²) in [6.07, 6.45) is 0.814. The van der Waals surface area contributed by atoms with Crippen LogP contribution in [0.2, 0.25) is 0 Å². The molecule has 0 radical (unpaired) electrons. The zero-order valence-electron chi connectivity index (χ0n) is 56.7. The van der Waals surface area contributed by atoms with Crippen molar-refractivity contribution in [3.05, 3.63) is 378 Å². The quantitative estimate of drug-likeness (QED) is 0.0899. The number of nitriles is 4. The second-order valence-electron chi connectivity index (χ2n) is 27.2. The summed E-state index contributed by atoms with van der Waals surface area (Å²) in [5, 5.41) is 40.7. The molecule has 0 N–H and O–H groups in total. The number of ether oxygens (including phenoxy) is 8. The molecule has 12 aromatic rings. The van der Waals surface area contributed by atoms with Crippen molar-refractivity contribution in [1.82, 2.24) is 0 Å². The molecule has 0 saturated carbocycles. The fraction of sp³-hybridized carbons (Fsp3) is 0.174. The summed E-state index contributed by atoms with van der Waals surface area (Å²) in [6.45, 7) is 0. The van der Waals surface area contributed by atoms with Crippen LogP contribution >= 0.6 is 0 Å². The van der Waals surface area contributed by atoms with Gasteiger partial charge < -0.3 is 37.9 Å². The number of rotatable bonds is 16. The molecule has 0 fully saturated rings. The van der Waals surface area contributed by atoms with E-state index in [4.69, 9.17) is 37.9 Å². The Bertz CT molecular complexity index is 4570. The van der Waals surface area contributed by atoms with E-state index < -0.39 is 48.8 Å². The van der Waals surface area contributed by atoms with Crippen molar-refractivity contribution in [2.45, 2.75) is 100 Å². The van der Waals surface area contributed by atoms with Gasteiger partial charge in [0.2, 0.25) is 0 Å². The highest BCUT2D eigenvalue weighted by atomic mass is 16.7. The van der Waals surface area contributed by atoms with Crippen molar-refractivity contribution >= 4 is 0 Å². The van der Waals surface area contributed by atoms with Crippen LogP contribution in [0, 0.1) is 45.3 Å². The second-order valence-corrected chi connectivity index (χ2v) is 27.2. The van der Waals surface area contributed by atoms with Crippen molar-refractivity contribution in [1.29, 1.82) is 21.0 Å². The highest BCUT2D eigenvalue weighted by molar-refractivity contribution is 5.65. The first-order chi connectivity index (χ1) is 51.3. The first-order valence-corrected chi connectivity index (χ1v) is 35.5. The van der Waals surface area contributed by atoms with Gasteiger partial charge in [-0.3, -0.25) is 0 Å². The summed E-state index contributed by atoms with van der Waals surface area (Å²) in [4.78, 5) is 0. The van der Waals surface area contributed by atoms with E-state index in [0.29, 0.717) is 142 Å². The summed E-state index contributed by atoms with van der Waals surface area (Å²) < 4.78 is 60.4. The van der Waals surface area contributed by atoms with Gasteiger partial charge >= 0.3 is 0 Å². The number of nitrogens with zero attached hydrogens (tertiary/aromatic N) is 4.